The maximum absolute atomic E-state index is 9.98. The molecule has 0 aliphatic carbocycles. The number of β-amino-alcohol motifs (C(OH)–C–C–N with tert-alkyl or cyclic N) is 1. The molecule has 1 aliphatic rings. The maximum atomic E-state index is 9.98. The van der Waals surface area contributed by atoms with Gasteiger partial charge in [-0.15, -0.1) is 0 Å². The second-order valence-electron chi connectivity index (χ2n) is 9.33. The van der Waals surface area contributed by atoms with Crippen LogP contribution >= 0.6 is 0 Å². The Morgan fingerprint density at radius 2 is 1.97 bits per heavy atom. The van der Waals surface area contributed by atoms with Gasteiger partial charge in [-0.05, 0) is 80.9 Å². The van der Waals surface area contributed by atoms with E-state index in [0.717, 1.165) is 54.5 Å². The molecule has 32 heavy (non-hydrogen) atoms. The summed E-state index contributed by atoms with van der Waals surface area (Å²) in [6.07, 6.45) is 5.76. The highest BCUT2D eigenvalue weighted by Gasteiger charge is 2.24. The minimum atomic E-state index is -0.635. The number of hydrogen-bond donors (Lipinski definition) is 3. The number of fused-ring (bicyclic) bond motifs is 1. The number of rotatable bonds is 8. The Labute approximate surface area is 189 Å². The Balaban J connectivity index is 1.23. The van der Waals surface area contributed by atoms with Crippen molar-refractivity contribution in [3.8, 4) is 5.88 Å². The number of benzene rings is 1. The van der Waals surface area contributed by atoms with Crippen molar-refractivity contribution in [3.63, 3.8) is 0 Å². The highest BCUT2D eigenvalue weighted by Crippen LogP contribution is 2.23. The number of likely N-dealkylation sites (tertiary alicyclic amines) is 1. The van der Waals surface area contributed by atoms with E-state index in [1.807, 2.05) is 50.4 Å². The van der Waals surface area contributed by atoms with E-state index in [4.69, 9.17) is 10.5 Å². The Morgan fingerprint density at radius 3 is 2.69 bits per heavy atom. The van der Waals surface area contributed by atoms with Crippen molar-refractivity contribution in [1.82, 2.24) is 14.9 Å². The van der Waals surface area contributed by atoms with Crippen LogP contribution in [0.4, 0.5) is 11.5 Å². The van der Waals surface area contributed by atoms with Crippen LogP contribution in [0, 0.1) is 5.92 Å². The third kappa shape index (κ3) is 6.08. The topological polar surface area (TPSA) is 96.5 Å². The van der Waals surface area contributed by atoms with E-state index in [9.17, 15) is 5.11 Å². The van der Waals surface area contributed by atoms with E-state index in [1.54, 1.807) is 6.20 Å². The summed E-state index contributed by atoms with van der Waals surface area (Å²) in [4.78, 5) is 10.9. The van der Waals surface area contributed by atoms with Crippen molar-refractivity contribution < 1.29 is 9.84 Å². The van der Waals surface area contributed by atoms with Crippen molar-refractivity contribution in [2.75, 3.05) is 37.3 Å². The average molecular weight is 436 g/mol. The highest BCUT2D eigenvalue weighted by molar-refractivity contribution is 5.92. The van der Waals surface area contributed by atoms with Crippen LogP contribution in [0.3, 0.4) is 0 Å². The number of anilines is 2. The number of nitrogens with two attached hydrogens (primary N) is 1. The van der Waals surface area contributed by atoms with Gasteiger partial charge < -0.3 is 25.8 Å². The Bertz CT molecular complexity index is 1020. The summed E-state index contributed by atoms with van der Waals surface area (Å²) in [5.41, 5.74) is 7.40. The first-order valence-electron chi connectivity index (χ1n) is 11.3. The smallest absolute Gasteiger partial charge is 0.213 e. The largest absolute Gasteiger partial charge is 0.477 e. The van der Waals surface area contributed by atoms with E-state index in [2.05, 4.69) is 26.3 Å². The van der Waals surface area contributed by atoms with Gasteiger partial charge in [-0.2, -0.15) is 0 Å². The second-order valence-corrected chi connectivity index (χ2v) is 9.33. The standard InChI is InChI=1S/C25H33N5O2/c1-25(2,31)17-30-11-8-18(9-12-30)16-32-23-6-3-19(15-29-23)14-28-21-4-5-22-20(13-21)7-10-27-24(22)26/h3-7,10,13,15,18,28,31H,8-9,11-12,14,16-17H2,1-2H3,(H2,26,27). The van der Waals surface area contributed by atoms with Crippen LogP contribution in [-0.4, -0.2) is 51.8 Å². The van der Waals surface area contributed by atoms with Gasteiger partial charge in [0.2, 0.25) is 5.88 Å². The van der Waals surface area contributed by atoms with Crippen LogP contribution in [0.25, 0.3) is 10.8 Å². The number of hydrogen-bond acceptors (Lipinski definition) is 7. The number of piperidine rings is 1. The van der Waals surface area contributed by atoms with Crippen molar-refractivity contribution in [1.29, 1.82) is 0 Å². The first-order chi connectivity index (χ1) is 15.4. The molecule has 4 rings (SSSR count). The molecule has 0 bridgehead atoms. The molecule has 4 N–H and O–H groups in total. The van der Waals surface area contributed by atoms with Crippen molar-refractivity contribution in [3.05, 3.63) is 54.4 Å². The van der Waals surface area contributed by atoms with Gasteiger partial charge in [-0.1, -0.05) is 6.07 Å². The quantitative estimate of drug-likeness (QED) is 0.497. The molecule has 0 atom stereocenters. The molecule has 0 saturated carbocycles. The predicted octanol–water partition coefficient (Wildman–Crippen LogP) is 3.69. The molecule has 3 aromatic rings. The SMILES string of the molecule is CC(C)(O)CN1CCC(COc2ccc(CNc3ccc4c(N)nccc4c3)cn2)CC1. The lowest BCUT2D eigenvalue weighted by atomic mass is 9.96. The minimum absolute atomic E-state index is 0.535. The van der Waals surface area contributed by atoms with E-state index >= 15 is 0 Å². The lowest BCUT2D eigenvalue weighted by Gasteiger charge is -2.35. The van der Waals surface area contributed by atoms with Crippen LogP contribution < -0.4 is 15.8 Å². The van der Waals surface area contributed by atoms with Crippen LogP contribution in [0.15, 0.2) is 48.8 Å². The summed E-state index contributed by atoms with van der Waals surface area (Å²) >= 11 is 0. The monoisotopic (exact) mass is 435 g/mol. The predicted molar refractivity (Wildman–Crippen MR) is 129 cm³/mol. The summed E-state index contributed by atoms with van der Waals surface area (Å²) < 4.78 is 5.94. The van der Waals surface area contributed by atoms with Crippen molar-refractivity contribution in [2.45, 2.75) is 38.8 Å². The number of ether oxygens (including phenoxy) is 1. The van der Waals surface area contributed by atoms with Gasteiger partial charge in [-0.25, -0.2) is 9.97 Å². The van der Waals surface area contributed by atoms with Gasteiger partial charge in [0.05, 0.1) is 12.2 Å². The highest BCUT2D eigenvalue weighted by atomic mass is 16.5. The molecule has 1 aliphatic heterocycles. The maximum Gasteiger partial charge on any atom is 0.213 e. The molecule has 7 nitrogen and oxygen atoms in total. The molecule has 0 spiro atoms. The fraction of sp³-hybridized carbons (Fsp3) is 0.440. The molecule has 1 fully saturated rings. The summed E-state index contributed by atoms with van der Waals surface area (Å²) in [6.45, 7) is 7.84. The molecular formula is C25H33N5O2. The van der Waals surface area contributed by atoms with Crippen LogP contribution in [0.2, 0.25) is 0 Å². The fourth-order valence-corrected chi connectivity index (χ4v) is 4.18. The molecule has 2 aromatic heterocycles. The van der Waals surface area contributed by atoms with E-state index in [1.165, 1.54) is 0 Å². The first-order valence-corrected chi connectivity index (χ1v) is 11.3. The molecule has 1 aromatic carbocycles. The number of nitrogens with zero attached hydrogens (tertiary/aromatic N) is 3. The van der Waals surface area contributed by atoms with Gasteiger partial charge in [0.1, 0.15) is 5.82 Å². The third-order valence-corrected chi connectivity index (χ3v) is 5.87. The molecule has 0 unspecified atom stereocenters. The summed E-state index contributed by atoms with van der Waals surface area (Å²) in [5, 5.41) is 15.4. The molecule has 7 heteroatoms. The molecule has 1 saturated heterocycles. The van der Waals surface area contributed by atoms with Crippen LogP contribution in [0.5, 0.6) is 5.88 Å². The zero-order valence-electron chi connectivity index (χ0n) is 18.9. The molecule has 0 radical (unpaired) electrons. The summed E-state index contributed by atoms with van der Waals surface area (Å²) in [7, 11) is 0. The number of nitrogen functional groups attached to an aromatic ring is 1. The van der Waals surface area contributed by atoms with Crippen LogP contribution in [-0.2, 0) is 6.54 Å². The molecule has 3 heterocycles. The summed E-state index contributed by atoms with van der Waals surface area (Å²) in [5.74, 6) is 1.75. The van der Waals surface area contributed by atoms with Gasteiger partial charge in [-0.3, -0.25) is 0 Å². The number of nitrogens with one attached hydrogen (secondary N) is 1. The zero-order chi connectivity index (χ0) is 22.6. The number of aromatic nitrogens is 2. The first kappa shape index (κ1) is 22.3. The van der Waals surface area contributed by atoms with E-state index in [0.29, 0.717) is 30.8 Å². The Morgan fingerprint density at radius 1 is 1.16 bits per heavy atom. The van der Waals surface area contributed by atoms with Gasteiger partial charge in [0, 0.05) is 42.6 Å². The fourth-order valence-electron chi connectivity index (χ4n) is 4.18. The van der Waals surface area contributed by atoms with Gasteiger partial charge in [0.25, 0.3) is 0 Å². The number of aliphatic hydroxyl groups is 1. The normalized spacial score (nSPS) is 15.7. The summed E-state index contributed by atoms with van der Waals surface area (Å²) in [6, 6.07) is 12.0. The third-order valence-electron chi connectivity index (χ3n) is 5.87. The lowest BCUT2D eigenvalue weighted by molar-refractivity contribution is 0.0211. The van der Waals surface area contributed by atoms with Crippen molar-refractivity contribution >= 4 is 22.3 Å². The van der Waals surface area contributed by atoms with Gasteiger partial charge in [0.15, 0.2) is 0 Å². The average Bonchev–Trinajstić information content (AvgIpc) is 2.77. The number of pyridine rings is 2. The molecule has 170 valence electrons. The molecular weight excluding hydrogens is 402 g/mol. The Kier molecular flexibility index (Phi) is 6.77. The molecule has 0 amide bonds. The lowest BCUT2D eigenvalue weighted by Crippen LogP contribution is -2.43. The van der Waals surface area contributed by atoms with Crippen molar-refractivity contribution in [2.24, 2.45) is 5.92 Å². The zero-order valence-corrected chi connectivity index (χ0v) is 18.9. The Hall–Kier alpha value is -2.90. The minimum Gasteiger partial charge on any atom is -0.477 e. The second kappa shape index (κ2) is 9.71. The van der Waals surface area contributed by atoms with E-state index in [-0.39, 0.29) is 0 Å². The van der Waals surface area contributed by atoms with Crippen LogP contribution in [0.1, 0.15) is 32.3 Å². The van der Waals surface area contributed by atoms with Gasteiger partial charge >= 0.3 is 0 Å². The van der Waals surface area contributed by atoms with E-state index < -0.39 is 5.60 Å².